The first-order valence-corrected chi connectivity index (χ1v) is 10.5. The third kappa shape index (κ3) is 4.14. The average Bonchev–Trinajstić information content (AvgIpc) is 3.16. The normalized spacial score (nSPS) is 11.0. The zero-order valence-corrected chi connectivity index (χ0v) is 17.7. The quantitative estimate of drug-likeness (QED) is 0.449. The SMILES string of the molecule is CCCCc1nc2c(=O)[nH]ccc2n1Cc1ccc(-c2ccccc2C(=O)OC)cc1. The van der Waals surface area contributed by atoms with Crippen LogP contribution in [0.2, 0.25) is 0 Å². The maximum absolute atomic E-state index is 12.2. The van der Waals surface area contributed by atoms with Crippen molar-refractivity contribution in [2.24, 2.45) is 0 Å². The molecule has 0 saturated carbocycles. The fourth-order valence-electron chi connectivity index (χ4n) is 3.81. The van der Waals surface area contributed by atoms with Crippen LogP contribution in [0.15, 0.2) is 65.6 Å². The number of esters is 1. The van der Waals surface area contributed by atoms with Gasteiger partial charge in [0.2, 0.25) is 0 Å². The van der Waals surface area contributed by atoms with Gasteiger partial charge in [0, 0.05) is 19.2 Å². The van der Waals surface area contributed by atoms with E-state index < -0.39 is 0 Å². The first kappa shape index (κ1) is 20.6. The number of carbonyl (C=O) groups is 1. The number of pyridine rings is 1. The molecular weight excluding hydrogens is 390 g/mol. The number of imidazole rings is 1. The zero-order chi connectivity index (χ0) is 21.8. The first-order valence-electron chi connectivity index (χ1n) is 10.5. The van der Waals surface area contributed by atoms with Crippen molar-refractivity contribution < 1.29 is 9.53 Å². The Bertz CT molecular complexity index is 1270. The number of nitrogens with one attached hydrogen (secondary N) is 1. The molecule has 0 unspecified atom stereocenters. The lowest BCUT2D eigenvalue weighted by atomic mass is 9.98. The minimum atomic E-state index is -0.352. The molecule has 0 saturated heterocycles. The van der Waals surface area contributed by atoms with Crippen LogP contribution in [0.25, 0.3) is 22.2 Å². The molecule has 0 bridgehead atoms. The van der Waals surface area contributed by atoms with Gasteiger partial charge in [0.1, 0.15) is 5.82 Å². The monoisotopic (exact) mass is 415 g/mol. The molecule has 2 aromatic carbocycles. The summed E-state index contributed by atoms with van der Waals surface area (Å²) >= 11 is 0. The molecule has 0 aliphatic carbocycles. The van der Waals surface area contributed by atoms with E-state index in [0.29, 0.717) is 17.6 Å². The van der Waals surface area contributed by atoms with Gasteiger partial charge in [0.25, 0.3) is 5.56 Å². The number of benzene rings is 2. The fourth-order valence-corrected chi connectivity index (χ4v) is 3.81. The largest absolute Gasteiger partial charge is 0.465 e. The van der Waals surface area contributed by atoms with E-state index in [9.17, 15) is 9.59 Å². The van der Waals surface area contributed by atoms with Crippen LogP contribution >= 0.6 is 0 Å². The highest BCUT2D eigenvalue weighted by molar-refractivity contribution is 5.97. The predicted molar refractivity (Wildman–Crippen MR) is 121 cm³/mol. The van der Waals surface area contributed by atoms with Crippen LogP contribution in [-0.4, -0.2) is 27.6 Å². The van der Waals surface area contributed by atoms with E-state index in [-0.39, 0.29) is 11.5 Å². The van der Waals surface area contributed by atoms with E-state index in [1.807, 2.05) is 48.5 Å². The third-order valence-corrected chi connectivity index (χ3v) is 5.45. The standard InChI is InChI=1S/C25H25N3O3/c1-3-4-9-22-27-23-21(14-15-26-24(23)29)28(22)16-17-10-12-18(13-11-17)19-7-5-6-8-20(19)25(30)31-2/h5-8,10-15H,3-4,9,16H2,1-2H3,(H,26,29). The van der Waals surface area contributed by atoms with Gasteiger partial charge in [-0.15, -0.1) is 0 Å². The molecule has 1 N–H and O–H groups in total. The second-order valence-electron chi connectivity index (χ2n) is 7.49. The maximum atomic E-state index is 12.2. The van der Waals surface area contributed by atoms with Crippen LogP contribution in [0, 0.1) is 0 Å². The number of rotatable bonds is 7. The number of ether oxygens (including phenoxy) is 1. The number of hydrogen-bond acceptors (Lipinski definition) is 4. The number of H-pyrrole nitrogens is 1. The van der Waals surface area contributed by atoms with E-state index in [4.69, 9.17) is 4.74 Å². The molecule has 4 rings (SSSR count). The highest BCUT2D eigenvalue weighted by Crippen LogP contribution is 2.25. The number of aromatic nitrogens is 3. The predicted octanol–water partition coefficient (Wildman–Crippen LogP) is 4.57. The molecule has 6 heteroatoms. The molecule has 2 heterocycles. The summed E-state index contributed by atoms with van der Waals surface area (Å²) in [5, 5.41) is 0. The first-order chi connectivity index (χ1) is 15.1. The van der Waals surface area contributed by atoms with Crippen molar-refractivity contribution in [1.82, 2.24) is 14.5 Å². The molecule has 0 spiro atoms. The Hall–Kier alpha value is -3.67. The second kappa shape index (κ2) is 9.00. The molecule has 31 heavy (non-hydrogen) atoms. The number of unbranched alkanes of at least 4 members (excludes halogenated alkanes) is 1. The second-order valence-corrected chi connectivity index (χ2v) is 7.49. The molecule has 0 aliphatic rings. The van der Waals surface area contributed by atoms with Crippen LogP contribution in [0.5, 0.6) is 0 Å². The van der Waals surface area contributed by atoms with Crippen molar-refractivity contribution in [2.45, 2.75) is 32.7 Å². The maximum Gasteiger partial charge on any atom is 0.338 e. The summed E-state index contributed by atoms with van der Waals surface area (Å²) < 4.78 is 7.03. The average molecular weight is 415 g/mol. The van der Waals surface area contributed by atoms with Crippen molar-refractivity contribution in [3.05, 3.63) is 88.1 Å². The Morgan fingerprint density at radius 2 is 1.87 bits per heavy atom. The van der Waals surface area contributed by atoms with E-state index in [1.165, 1.54) is 7.11 Å². The Labute approximate surface area is 180 Å². The topological polar surface area (TPSA) is 77.0 Å². The molecule has 0 aliphatic heterocycles. The molecule has 0 atom stereocenters. The van der Waals surface area contributed by atoms with E-state index in [0.717, 1.165) is 47.3 Å². The lowest BCUT2D eigenvalue weighted by Crippen LogP contribution is -2.07. The summed E-state index contributed by atoms with van der Waals surface area (Å²) in [4.78, 5) is 31.6. The number of hydrogen-bond donors (Lipinski definition) is 1. The highest BCUT2D eigenvalue weighted by atomic mass is 16.5. The Kier molecular flexibility index (Phi) is 5.98. The minimum Gasteiger partial charge on any atom is -0.465 e. The lowest BCUT2D eigenvalue weighted by molar-refractivity contribution is 0.0601. The van der Waals surface area contributed by atoms with Crippen LogP contribution in [-0.2, 0) is 17.7 Å². The van der Waals surface area contributed by atoms with Gasteiger partial charge in [0.05, 0.1) is 18.2 Å². The number of nitrogens with zero attached hydrogens (tertiary/aromatic N) is 2. The van der Waals surface area contributed by atoms with E-state index in [1.54, 1.807) is 12.3 Å². The van der Waals surface area contributed by atoms with Gasteiger partial charge in [-0.05, 0) is 35.2 Å². The molecular formula is C25H25N3O3. The summed E-state index contributed by atoms with van der Waals surface area (Å²) in [6.07, 6.45) is 4.58. The van der Waals surface area contributed by atoms with Gasteiger partial charge < -0.3 is 14.3 Å². The van der Waals surface area contributed by atoms with E-state index in [2.05, 4.69) is 21.5 Å². The molecule has 4 aromatic rings. The summed E-state index contributed by atoms with van der Waals surface area (Å²) in [6.45, 7) is 2.77. The smallest absolute Gasteiger partial charge is 0.338 e. The fraction of sp³-hybridized carbons (Fsp3) is 0.240. The van der Waals surface area contributed by atoms with Crippen molar-refractivity contribution in [3.63, 3.8) is 0 Å². The highest BCUT2D eigenvalue weighted by Gasteiger charge is 2.15. The van der Waals surface area contributed by atoms with Gasteiger partial charge in [-0.25, -0.2) is 9.78 Å². The lowest BCUT2D eigenvalue weighted by Gasteiger charge is -2.11. The number of methoxy groups -OCH3 is 1. The third-order valence-electron chi connectivity index (χ3n) is 5.45. The number of carbonyl (C=O) groups excluding carboxylic acids is 1. The van der Waals surface area contributed by atoms with Crippen LogP contribution in [0.1, 0.15) is 41.5 Å². The number of aryl methyl sites for hydroxylation is 1. The van der Waals surface area contributed by atoms with E-state index >= 15 is 0 Å². The molecule has 0 fully saturated rings. The van der Waals surface area contributed by atoms with Crippen molar-refractivity contribution in [1.29, 1.82) is 0 Å². The molecule has 6 nitrogen and oxygen atoms in total. The van der Waals surface area contributed by atoms with Crippen molar-refractivity contribution in [3.8, 4) is 11.1 Å². The Morgan fingerprint density at radius 3 is 2.61 bits per heavy atom. The Morgan fingerprint density at radius 1 is 1.10 bits per heavy atom. The molecule has 0 radical (unpaired) electrons. The van der Waals surface area contributed by atoms with Crippen molar-refractivity contribution in [2.75, 3.05) is 7.11 Å². The number of aromatic amines is 1. The van der Waals surface area contributed by atoms with Gasteiger partial charge in [0.15, 0.2) is 5.52 Å². The van der Waals surface area contributed by atoms with Gasteiger partial charge >= 0.3 is 5.97 Å². The van der Waals surface area contributed by atoms with Gasteiger partial charge in [-0.3, -0.25) is 4.79 Å². The summed E-state index contributed by atoms with van der Waals surface area (Å²) in [5.74, 6) is 0.573. The van der Waals surface area contributed by atoms with Gasteiger partial charge in [-0.2, -0.15) is 0 Å². The summed E-state index contributed by atoms with van der Waals surface area (Å²) in [5.41, 5.74) is 4.58. The minimum absolute atomic E-state index is 0.163. The molecule has 158 valence electrons. The van der Waals surface area contributed by atoms with Crippen LogP contribution < -0.4 is 5.56 Å². The molecule has 0 amide bonds. The van der Waals surface area contributed by atoms with Crippen LogP contribution in [0.3, 0.4) is 0 Å². The van der Waals surface area contributed by atoms with Crippen molar-refractivity contribution >= 4 is 17.0 Å². The number of fused-ring (bicyclic) bond motifs is 1. The van der Waals surface area contributed by atoms with Gasteiger partial charge in [-0.1, -0.05) is 55.8 Å². The Balaban J connectivity index is 1.68. The van der Waals surface area contributed by atoms with Crippen LogP contribution in [0.4, 0.5) is 0 Å². The molecule has 2 aromatic heterocycles. The summed E-state index contributed by atoms with van der Waals surface area (Å²) in [7, 11) is 1.39. The zero-order valence-electron chi connectivity index (χ0n) is 17.7. The summed E-state index contributed by atoms with van der Waals surface area (Å²) in [6, 6.07) is 17.4.